The van der Waals surface area contributed by atoms with Crippen LogP contribution in [0.3, 0.4) is 0 Å². The van der Waals surface area contributed by atoms with Gasteiger partial charge in [0.2, 0.25) is 5.91 Å². The molecule has 186 valence electrons. The van der Waals surface area contributed by atoms with Crippen LogP contribution in [0.4, 0.5) is 0 Å². The van der Waals surface area contributed by atoms with Gasteiger partial charge in [0.05, 0.1) is 10.6 Å². The van der Waals surface area contributed by atoms with E-state index in [1.54, 1.807) is 12.1 Å². The van der Waals surface area contributed by atoms with Crippen LogP contribution in [0.1, 0.15) is 77.0 Å². The Bertz CT molecular complexity index is 934. The van der Waals surface area contributed by atoms with Gasteiger partial charge < -0.3 is 4.90 Å². The molecule has 1 aliphatic heterocycles. The molecule has 3 rings (SSSR count). The highest BCUT2D eigenvalue weighted by Crippen LogP contribution is 2.29. The highest BCUT2D eigenvalue weighted by atomic mass is 35.5. The molecule has 2 unspecified atom stereocenters. The van der Waals surface area contributed by atoms with Crippen LogP contribution in [0, 0.1) is 30.1 Å². The molecule has 0 N–H and O–H groups in total. The molecule has 34 heavy (non-hydrogen) atoms. The minimum atomic E-state index is 0.383. The van der Waals surface area contributed by atoms with Gasteiger partial charge in [0, 0.05) is 24.0 Å². The lowest BCUT2D eigenvalue weighted by Gasteiger charge is -2.27. The molecular formula is C29H40Cl2N2O. The van der Waals surface area contributed by atoms with E-state index in [4.69, 9.17) is 28.5 Å². The van der Waals surface area contributed by atoms with E-state index >= 15 is 0 Å². The Morgan fingerprint density at radius 2 is 1.68 bits per heavy atom. The summed E-state index contributed by atoms with van der Waals surface area (Å²) in [5.74, 6) is 1.67. The molecule has 2 aromatic carbocycles. The van der Waals surface area contributed by atoms with E-state index in [0.717, 1.165) is 42.8 Å². The second-order valence-electron chi connectivity index (χ2n) is 8.91. The first kappa shape index (κ1) is 30.0. The number of nitriles is 1. The van der Waals surface area contributed by atoms with Crippen molar-refractivity contribution in [1.82, 2.24) is 4.90 Å². The van der Waals surface area contributed by atoms with Crippen molar-refractivity contribution in [3.8, 4) is 6.07 Å². The summed E-state index contributed by atoms with van der Waals surface area (Å²) in [6.45, 7) is 13.9. The van der Waals surface area contributed by atoms with Crippen LogP contribution in [0.2, 0.25) is 10.0 Å². The molecule has 0 bridgehead atoms. The Balaban J connectivity index is 0.000000266. The summed E-state index contributed by atoms with van der Waals surface area (Å²) in [5, 5.41) is 9.88. The van der Waals surface area contributed by atoms with E-state index in [2.05, 4.69) is 39.5 Å². The number of carbonyl (C=O) groups is 1. The van der Waals surface area contributed by atoms with Gasteiger partial charge in [-0.2, -0.15) is 5.26 Å². The summed E-state index contributed by atoms with van der Waals surface area (Å²) in [7, 11) is 0. The van der Waals surface area contributed by atoms with E-state index < -0.39 is 0 Å². The summed E-state index contributed by atoms with van der Waals surface area (Å²) in [5.41, 5.74) is 2.83. The molecule has 0 radical (unpaired) electrons. The van der Waals surface area contributed by atoms with Crippen LogP contribution in [-0.4, -0.2) is 23.4 Å². The molecule has 1 saturated heterocycles. The Hall–Kier alpha value is -2.02. The summed E-state index contributed by atoms with van der Waals surface area (Å²) < 4.78 is 0. The molecule has 2 aromatic rings. The maximum atomic E-state index is 11.9. The molecule has 2 atom stereocenters. The van der Waals surface area contributed by atoms with Crippen molar-refractivity contribution in [2.45, 2.75) is 79.7 Å². The number of aryl methyl sites for hydroxylation is 2. The molecule has 1 amide bonds. The summed E-state index contributed by atoms with van der Waals surface area (Å²) in [6, 6.07) is 15.7. The standard InChI is InChI=1S/C13H25NO.C8H6ClN.C8H9Cl/c1-5-10(4)11-8-13(15)14(9-11)12(6-2)7-3;1-6-2-3-7(5-10)8(9)4-6;1-2-7-5-3-4-6-8(7)9/h10-12H,5-9H2,1-4H3;2-4H,1H3;3-6H,2H2,1H3. The third-order valence-electron chi connectivity index (χ3n) is 6.60. The molecule has 0 spiro atoms. The number of nitrogens with zero attached hydrogens (tertiary/aromatic N) is 2. The second-order valence-corrected chi connectivity index (χ2v) is 9.72. The minimum absolute atomic E-state index is 0.383. The monoisotopic (exact) mass is 502 g/mol. The Morgan fingerprint density at radius 1 is 1.03 bits per heavy atom. The summed E-state index contributed by atoms with van der Waals surface area (Å²) >= 11 is 11.5. The first-order valence-corrected chi connectivity index (χ1v) is 13.2. The van der Waals surface area contributed by atoms with Crippen LogP contribution in [0.5, 0.6) is 0 Å². The third-order valence-corrected chi connectivity index (χ3v) is 7.29. The molecular weight excluding hydrogens is 463 g/mol. The van der Waals surface area contributed by atoms with Crippen LogP contribution in [0.25, 0.3) is 0 Å². The predicted molar refractivity (Wildman–Crippen MR) is 145 cm³/mol. The normalized spacial score (nSPS) is 15.7. The van der Waals surface area contributed by atoms with Crippen molar-refractivity contribution in [2.24, 2.45) is 11.8 Å². The minimum Gasteiger partial charge on any atom is -0.339 e. The Labute approximate surface area is 217 Å². The molecule has 1 aliphatic rings. The number of hydrogen-bond donors (Lipinski definition) is 0. The number of rotatable bonds is 6. The maximum Gasteiger partial charge on any atom is 0.223 e. The molecule has 0 aliphatic carbocycles. The largest absolute Gasteiger partial charge is 0.339 e. The van der Waals surface area contributed by atoms with E-state index in [9.17, 15) is 4.79 Å². The van der Waals surface area contributed by atoms with Crippen LogP contribution in [-0.2, 0) is 11.2 Å². The van der Waals surface area contributed by atoms with Crippen molar-refractivity contribution in [2.75, 3.05) is 6.54 Å². The fourth-order valence-corrected chi connectivity index (χ4v) is 4.60. The van der Waals surface area contributed by atoms with Gasteiger partial charge in [0.25, 0.3) is 0 Å². The van der Waals surface area contributed by atoms with E-state index in [1.165, 1.54) is 12.0 Å². The Morgan fingerprint density at radius 3 is 2.15 bits per heavy atom. The number of benzene rings is 2. The van der Waals surface area contributed by atoms with Gasteiger partial charge in [-0.1, -0.05) is 88.5 Å². The first-order valence-electron chi connectivity index (χ1n) is 12.4. The topological polar surface area (TPSA) is 44.1 Å². The van der Waals surface area contributed by atoms with Crippen molar-refractivity contribution >= 4 is 29.1 Å². The van der Waals surface area contributed by atoms with Crippen LogP contribution >= 0.6 is 23.2 Å². The average molecular weight is 504 g/mol. The van der Waals surface area contributed by atoms with Gasteiger partial charge in [-0.15, -0.1) is 0 Å². The number of hydrogen-bond acceptors (Lipinski definition) is 2. The third kappa shape index (κ3) is 9.32. The zero-order valence-corrected chi connectivity index (χ0v) is 23.1. The lowest BCUT2D eigenvalue weighted by Crippen LogP contribution is -2.36. The van der Waals surface area contributed by atoms with Gasteiger partial charge in [-0.05, 0) is 67.3 Å². The van der Waals surface area contributed by atoms with Crippen molar-refractivity contribution < 1.29 is 4.79 Å². The number of carbonyl (C=O) groups excluding carboxylic acids is 1. The summed E-state index contributed by atoms with van der Waals surface area (Å²) in [6.07, 6.45) is 5.17. The van der Waals surface area contributed by atoms with Gasteiger partial charge in [-0.25, -0.2) is 0 Å². The van der Waals surface area contributed by atoms with Crippen molar-refractivity contribution in [1.29, 1.82) is 5.26 Å². The average Bonchev–Trinajstić information content (AvgIpc) is 3.22. The zero-order chi connectivity index (χ0) is 25.7. The zero-order valence-electron chi connectivity index (χ0n) is 21.6. The Kier molecular flexibility index (Phi) is 13.9. The van der Waals surface area contributed by atoms with Crippen molar-refractivity contribution in [3.05, 3.63) is 69.2 Å². The van der Waals surface area contributed by atoms with E-state index in [1.807, 2.05) is 43.3 Å². The van der Waals surface area contributed by atoms with E-state index in [0.29, 0.717) is 34.4 Å². The molecule has 3 nitrogen and oxygen atoms in total. The number of amides is 1. The second kappa shape index (κ2) is 15.8. The highest BCUT2D eigenvalue weighted by molar-refractivity contribution is 6.31. The lowest BCUT2D eigenvalue weighted by molar-refractivity contribution is -0.129. The number of likely N-dealkylation sites (tertiary alicyclic amines) is 1. The molecule has 1 fully saturated rings. The maximum absolute atomic E-state index is 11.9. The van der Waals surface area contributed by atoms with E-state index in [-0.39, 0.29) is 0 Å². The lowest BCUT2D eigenvalue weighted by atomic mass is 9.91. The molecule has 0 saturated carbocycles. The van der Waals surface area contributed by atoms with Crippen LogP contribution < -0.4 is 0 Å². The first-order chi connectivity index (χ1) is 16.2. The molecule has 1 heterocycles. The van der Waals surface area contributed by atoms with Crippen molar-refractivity contribution in [3.63, 3.8) is 0 Å². The summed E-state index contributed by atoms with van der Waals surface area (Å²) in [4.78, 5) is 14.0. The number of halogens is 2. The quantitative estimate of drug-likeness (QED) is 0.397. The fourth-order valence-electron chi connectivity index (χ4n) is 4.05. The SMILES string of the molecule is CCC(C)C1CC(=O)N(C(CC)CC)C1.CCc1ccccc1Cl.Cc1ccc(C#N)c(Cl)c1. The highest BCUT2D eigenvalue weighted by Gasteiger charge is 2.34. The smallest absolute Gasteiger partial charge is 0.223 e. The molecule has 0 aromatic heterocycles. The van der Waals surface area contributed by atoms with Crippen LogP contribution in [0.15, 0.2) is 42.5 Å². The van der Waals surface area contributed by atoms with Gasteiger partial charge in [0.1, 0.15) is 6.07 Å². The van der Waals surface area contributed by atoms with Gasteiger partial charge >= 0.3 is 0 Å². The molecule has 5 heteroatoms. The fraction of sp³-hybridized carbons (Fsp3) is 0.517. The van der Waals surface area contributed by atoms with Gasteiger partial charge in [-0.3, -0.25) is 4.79 Å². The predicted octanol–water partition coefficient (Wildman–Crippen LogP) is 8.49. The van der Waals surface area contributed by atoms with Gasteiger partial charge in [0.15, 0.2) is 0 Å².